The highest BCUT2D eigenvalue weighted by molar-refractivity contribution is 6.30. The molecule has 3 rings (SSSR count). The molecule has 0 saturated heterocycles. The first kappa shape index (κ1) is 12.8. The number of hydrogen-bond donors (Lipinski definition) is 1. The zero-order valence-electron chi connectivity index (χ0n) is 11.1. The fraction of sp³-hybridized carbons (Fsp3) is 0.364. The molecule has 20 heavy (non-hydrogen) atoms. The summed E-state index contributed by atoms with van der Waals surface area (Å²) in [6.45, 7) is 2.55. The van der Waals surface area contributed by atoms with E-state index >= 15 is 0 Å². The van der Waals surface area contributed by atoms with Gasteiger partial charge in [0.15, 0.2) is 5.82 Å². The van der Waals surface area contributed by atoms with Crippen LogP contribution in [-0.2, 0) is 13.5 Å². The number of aromatic nitrogens is 7. The van der Waals surface area contributed by atoms with Crippen molar-refractivity contribution in [2.24, 2.45) is 7.05 Å². The Kier molecular flexibility index (Phi) is 3.23. The van der Waals surface area contributed by atoms with Crippen LogP contribution in [0.2, 0.25) is 5.15 Å². The van der Waals surface area contributed by atoms with Crippen molar-refractivity contribution in [2.45, 2.75) is 13.3 Å². The van der Waals surface area contributed by atoms with Crippen LogP contribution in [0, 0.1) is 6.92 Å². The van der Waals surface area contributed by atoms with Crippen molar-refractivity contribution in [3.05, 3.63) is 29.2 Å². The van der Waals surface area contributed by atoms with Crippen LogP contribution in [-0.4, -0.2) is 40.9 Å². The summed E-state index contributed by atoms with van der Waals surface area (Å²) in [6.07, 6.45) is 3.83. The fourth-order valence-electron chi connectivity index (χ4n) is 1.90. The molecule has 0 fully saturated rings. The second-order valence-electron chi connectivity index (χ2n) is 4.36. The molecule has 104 valence electrons. The lowest BCUT2D eigenvalue weighted by atomic mass is 10.3. The van der Waals surface area contributed by atoms with E-state index in [2.05, 4.69) is 30.5 Å². The van der Waals surface area contributed by atoms with Crippen molar-refractivity contribution >= 4 is 23.2 Å². The standard InChI is InChI=1S/C11H13ClN8/c1-7-9(12)17-11-14-5-16-20(11)10(7)13-4-3-8-15-6-19(2)18-8/h5-6,13H,3-4H2,1-2H3. The minimum Gasteiger partial charge on any atom is -0.369 e. The smallest absolute Gasteiger partial charge is 0.255 e. The van der Waals surface area contributed by atoms with Gasteiger partial charge < -0.3 is 5.32 Å². The maximum absolute atomic E-state index is 6.09. The molecule has 1 N–H and O–H groups in total. The van der Waals surface area contributed by atoms with Gasteiger partial charge in [-0.15, -0.1) is 0 Å². The molecule has 3 aromatic rings. The molecule has 0 aliphatic heterocycles. The van der Waals surface area contributed by atoms with Gasteiger partial charge in [-0.2, -0.15) is 24.7 Å². The minimum atomic E-state index is 0.420. The lowest BCUT2D eigenvalue weighted by Crippen LogP contribution is -2.12. The van der Waals surface area contributed by atoms with Gasteiger partial charge in [-0.1, -0.05) is 11.6 Å². The van der Waals surface area contributed by atoms with Crippen LogP contribution in [0.5, 0.6) is 0 Å². The fourth-order valence-corrected chi connectivity index (χ4v) is 2.06. The second kappa shape index (κ2) is 5.04. The van der Waals surface area contributed by atoms with Crippen LogP contribution in [0.25, 0.3) is 5.78 Å². The predicted molar refractivity (Wildman–Crippen MR) is 73.7 cm³/mol. The summed E-state index contributed by atoms with van der Waals surface area (Å²) in [5.41, 5.74) is 0.832. The molecule has 3 aromatic heterocycles. The van der Waals surface area contributed by atoms with Crippen molar-refractivity contribution in [3.8, 4) is 0 Å². The van der Waals surface area contributed by atoms with E-state index < -0.39 is 0 Å². The van der Waals surface area contributed by atoms with Gasteiger partial charge in [-0.25, -0.2) is 4.98 Å². The number of aryl methyl sites for hydroxylation is 1. The molecule has 8 nitrogen and oxygen atoms in total. The van der Waals surface area contributed by atoms with Crippen LogP contribution in [0.4, 0.5) is 5.82 Å². The molecule has 0 aromatic carbocycles. The lowest BCUT2D eigenvalue weighted by Gasteiger charge is -2.10. The monoisotopic (exact) mass is 292 g/mol. The molecular formula is C11H13ClN8. The van der Waals surface area contributed by atoms with Crippen LogP contribution in [0.3, 0.4) is 0 Å². The lowest BCUT2D eigenvalue weighted by molar-refractivity contribution is 0.741. The van der Waals surface area contributed by atoms with E-state index in [9.17, 15) is 0 Å². The Bertz CT molecular complexity index is 746. The SMILES string of the molecule is Cc1c(Cl)nc2ncnn2c1NCCc1ncn(C)n1. The van der Waals surface area contributed by atoms with Crippen molar-refractivity contribution in [2.75, 3.05) is 11.9 Å². The summed E-state index contributed by atoms with van der Waals surface area (Å²) in [5, 5.41) is 12.1. The Labute approximate surface area is 119 Å². The second-order valence-corrected chi connectivity index (χ2v) is 4.72. The summed E-state index contributed by atoms with van der Waals surface area (Å²) in [7, 11) is 1.84. The Hall–Kier alpha value is -2.22. The van der Waals surface area contributed by atoms with Crippen LogP contribution >= 0.6 is 11.6 Å². The third-order valence-corrected chi connectivity index (χ3v) is 3.26. The van der Waals surface area contributed by atoms with Gasteiger partial charge in [0, 0.05) is 25.6 Å². The predicted octanol–water partition coefficient (Wildman–Crippen LogP) is 0.869. The molecule has 0 bridgehead atoms. The van der Waals surface area contributed by atoms with E-state index in [1.165, 1.54) is 6.33 Å². The summed E-state index contributed by atoms with van der Waals surface area (Å²) in [5.74, 6) is 2.04. The van der Waals surface area contributed by atoms with Crippen molar-refractivity contribution in [1.29, 1.82) is 0 Å². The van der Waals surface area contributed by atoms with Gasteiger partial charge in [0.25, 0.3) is 5.78 Å². The average Bonchev–Trinajstić information content (AvgIpc) is 3.03. The highest BCUT2D eigenvalue weighted by atomic mass is 35.5. The van der Waals surface area contributed by atoms with Gasteiger partial charge >= 0.3 is 0 Å². The van der Waals surface area contributed by atoms with E-state index in [1.807, 2.05) is 14.0 Å². The van der Waals surface area contributed by atoms with Crippen molar-refractivity contribution in [1.82, 2.24) is 34.3 Å². The van der Waals surface area contributed by atoms with Gasteiger partial charge in [0.1, 0.15) is 23.6 Å². The summed E-state index contributed by atoms with van der Waals surface area (Å²) < 4.78 is 3.31. The van der Waals surface area contributed by atoms with Gasteiger partial charge in [-0.3, -0.25) is 4.68 Å². The van der Waals surface area contributed by atoms with Gasteiger partial charge in [0.2, 0.25) is 0 Å². The normalized spacial score (nSPS) is 11.2. The molecule has 0 aliphatic rings. The van der Waals surface area contributed by atoms with E-state index in [1.54, 1.807) is 15.5 Å². The minimum absolute atomic E-state index is 0.420. The van der Waals surface area contributed by atoms with Gasteiger partial charge in [0.05, 0.1) is 0 Å². The molecule has 0 atom stereocenters. The summed E-state index contributed by atoms with van der Waals surface area (Å²) in [4.78, 5) is 12.4. The molecule has 0 saturated carbocycles. The summed E-state index contributed by atoms with van der Waals surface area (Å²) >= 11 is 6.09. The first-order valence-electron chi connectivity index (χ1n) is 6.09. The Balaban J connectivity index is 1.80. The third kappa shape index (κ3) is 2.29. The Morgan fingerprint density at radius 1 is 1.35 bits per heavy atom. The first-order chi connectivity index (χ1) is 9.65. The quantitative estimate of drug-likeness (QED) is 0.718. The highest BCUT2D eigenvalue weighted by Gasteiger charge is 2.11. The Morgan fingerprint density at radius 3 is 2.95 bits per heavy atom. The Morgan fingerprint density at radius 2 is 2.20 bits per heavy atom. The van der Waals surface area contributed by atoms with Crippen LogP contribution in [0.15, 0.2) is 12.7 Å². The van der Waals surface area contributed by atoms with Crippen molar-refractivity contribution < 1.29 is 0 Å². The number of rotatable bonds is 4. The summed E-state index contributed by atoms with van der Waals surface area (Å²) in [6, 6.07) is 0. The highest BCUT2D eigenvalue weighted by Crippen LogP contribution is 2.21. The zero-order chi connectivity index (χ0) is 14.1. The van der Waals surface area contributed by atoms with Crippen LogP contribution in [0.1, 0.15) is 11.4 Å². The number of nitrogens with one attached hydrogen (secondary N) is 1. The van der Waals surface area contributed by atoms with E-state index in [0.29, 0.717) is 23.9 Å². The van der Waals surface area contributed by atoms with Crippen molar-refractivity contribution in [3.63, 3.8) is 0 Å². The molecule has 0 radical (unpaired) electrons. The number of nitrogens with zero attached hydrogens (tertiary/aromatic N) is 7. The third-order valence-electron chi connectivity index (χ3n) is 2.89. The largest absolute Gasteiger partial charge is 0.369 e. The average molecular weight is 293 g/mol. The maximum atomic E-state index is 6.09. The topological polar surface area (TPSA) is 85.8 Å². The van der Waals surface area contributed by atoms with Crippen LogP contribution < -0.4 is 5.32 Å². The number of hydrogen-bond acceptors (Lipinski definition) is 6. The maximum Gasteiger partial charge on any atom is 0.255 e. The molecule has 0 spiro atoms. The molecule has 0 aliphatic carbocycles. The van der Waals surface area contributed by atoms with E-state index in [0.717, 1.165) is 17.2 Å². The van der Waals surface area contributed by atoms with Gasteiger partial charge in [-0.05, 0) is 6.92 Å². The van der Waals surface area contributed by atoms with E-state index in [-0.39, 0.29) is 0 Å². The number of anilines is 1. The molecule has 0 unspecified atom stereocenters. The number of fused-ring (bicyclic) bond motifs is 1. The zero-order valence-corrected chi connectivity index (χ0v) is 11.8. The number of halogens is 1. The molecule has 9 heteroatoms. The molecular weight excluding hydrogens is 280 g/mol. The van der Waals surface area contributed by atoms with E-state index in [4.69, 9.17) is 11.6 Å². The first-order valence-corrected chi connectivity index (χ1v) is 6.47. The molecule has 3 heterocycles. The molecule has 0 amide bonds.